The van der Waals surface area contributed by atoms with Gasteiger partial charge in [0.15, 0.2) is 0 Å². The smallest absolute Gasteiger partial charge is 0.432 e. The number of ether oxygens (including phenoxy) is 1. The number of hydrogen-bond donors (Lipinski definition) is 0. The molecule has 0 N–H and O–H groups in total. The Morgan fingerprint density at radius 3 is 2.79 bits per heavy atom. The van der Waals surface area contributed by atoms with Crippen LogP contribution in [0.1, 0.15) is 12.8 Å². The molecular formula is C7H7NO6. The zero-order chi connectivity index (χ0) is 10.1. The summed E-state index contributed by atoms with van der Waals surface area (Å²) in [4.78, 5) is 42.0. The van der Waals surface area contributed by atoms with Gasteiger partial charge in [-0.2, -0.15) is 0 Å². The SMILES string of the molecule is O=C1CCON2OC(=O)C(=O)OC2C1. The van der Waals surface area contributed by atoms with Gasteiger partial charge in [-0.1, -0.05) is 0 Å². The largest absolute Gasteiger partial charge is 0.438 e. The van der Waals surface area contributed by atoms with E-state index in [9.17, 15) is 14.4 Å². The number of rotatable bonds is 0. The summed E-state index contributed by atoms with van der Waals surface area (Å²) in [7, 11) is 0. The first kappa shape index (κ1) is 9.10. The second-order valence-corrected chi connectivity index (χ2v) is 2.85. The first-order valence-corrected chi connectivity index (χ1v) is 4.03. The lowest BCUT2D eigenvalue weighted by atomic mass is 10.2. The van der Waals surface area contributed by atoms with E-state index in [-0.39, 0.29) is 25.2 Å². The fourth-order valence-electron chi connectivity index (χ4n) is 1.16. The molecule has 0 aromatic heterocycles. The predicted octanol–water partition coefficient (Wildman–Crippen LogP) is -1.08. The van der Waals surface area contributed by atoms with E-state index < -0.39 is 18.2 Å². The minimum Gasteiger partial charge on any atom is -0.432 e. The van der Waals surface area contributed by atoms with E-state index in [0.29, 0.717) is 0 Å². The third kappa shape index (κ3) is 1.59. The second-order valence-electron chi connectivity index (χ2n) is 2.85. The van der Waals surface area contributed by atoms with Crippen molar-refractivity contribution >= 4 is 17.7 Å². The maximum atomic E-state index is 11.1. The number of nitrogens with zero attached hydrogens (tertiary/aromatic N) is 1. The molecule has 0 amide bonds. The Kier molecular flexibility index (Phi) is 2.18. The van der Waals surface area contributed by atoms with Crippen molar-refractivity contribution < 1.29 is 28.8 Å². The van der Waals surface area contributed by atoms with E-state index in [0.717, 1.165) is 5.23 Å². The molecule has 7 heteroatoms. The number of hydroxylamine groups is 2. The number of esters is 1. The van der Waals surface area contributed by atoms with Crippen LogP contribution in [0, 0.1) is 0 Å². The number of hydrogen-bond acceptors (Lipinski definition) is 7. The van der Waals surface area contributed by atoms with Gasteiger partial charge in [0.2, 0.25) is 6.23 Å². The van der Waals surface area contributed by atoms with Gasteiger partial charge >= 0.3 is 11.9 Å². The van der Waals surface area contributed by atoms with Crippen LogP contribution in [-0.4, -0.2) is 35.8 Å². The molecule has 0 spiro atoms. The van der Waals surface area contributed by atoms with Gasteiger partial charge in [0, 0.05) is 11.6 Å². The lowest BCUT2D eigenvalue weighted by Gasteiger charge is -2.28. The van der Waals surface area contributed by atoms with Crippen molar-refractivity contribution in [2.24, 2.45) is 0 Å². The predicted molar refractivity (Wildman–Crippen MR) is 38.0 cm³/mol. The van der Waals surface area contributed by atoms with Crippen molar-refractivity contribution in [1.82, 2.24) is 5.23 Å². The number of carbonyl (C=O) groups is 3. The molecular weight excluding hydrogens is 194 g/mol. The molecule has 2 fully saturated rings. The Balaban J connectivity index is 2.12. The molecule has 14 heavy (non-hydrogen) atoms. The number of carbonyl (C=O) groups excluding carboxylic acids is 3. The van der Waals surface area contributed by atoms with Gasteiger partial charge in [0.25, 0.3) is 0 Å². The molecule has 0 radical (unpaired) electrons. The second kappa shape index (κ2) is 3.35. The van der Waals surface area contributed by atoms with Crippen LogP contribution in [0.2, 0.25) is 0 Å². The van der Waals surface area contributed by atoms with Crippen LogP contribution < -0.4 is 0 Å². The summed E-state index contributed by atoms with van der Waals surface area (Å²) >= 11 is 0. The lowest BCUT2D eigenvalue weighted by molar-refractivity contribution is -0.403. The van der Waals surface area contributed by atoms with Gasteiger partial charge in [-0.25, -0.2) is 9.59 Å². The third-order valence-electron chi connectivity index (χ3n) is 1.82. The minimum atomic E-state index is -1.14. The van der Waals surface area contributed by atoms with E-state index in [4.69, 9.17) is 4.84 Å². The Hall–Kier alpha value is -1.47. The van der Waals surface area contributed by atoms with Gasteiger partial charge < -0.3 is 9.57 Å². The molecule has 2 aliphatic rings. The quantitative estimate of drug-likeness (QED) is 0.364. The van der Waals surface area contributed by atoms with Crippen molar-refractivity contribution in [3.05, 3.63) is 0 Å². The Labute approximate surface area is 78.4 Å². The summed E-state index contributed by atoms with van der Waals surface area (Å²) in [6.07, 6.45) is -0.767. The van der Waals surface area contributed by atoms with Crippen molar-refractivity contribution in [3.8, 4) is 0 Å². The molecule has 76 valence electrons. The summed E-state index contributed by atoms with van der Waals surface area (Å²) in [6, 6.07) is 0. The molecule has 1 atom stereocenters. The molecule has 0 aromatic rings. The average molecular weight is 201 g/mol. The summed E-state index contributed by atoms with van der Waals surface area (Å²) < 4.78 is 4.62. The Bertz CT molecular complexity index is 301. The van der Waals surface area contributed by atoms with Crippen LogP contribution in [0.15, 0.2) is 0 Å². The summed E-state index contributed by atoms with van der Waals surface area (Å²) in [6.45, 7) is 0.111. The third-order valence-corrected chi connectivity index (χ3v) is 1.82. The summed E-state index contributed by atoms with van der Waals surface area (Å²) in [5, 5.41) is 0.759. The highest BCUT2D eigenvalue weighted by Crippen LogP contribution is 2.18. The molecule has 7 nitrogen and oxygen atoms in total. The number of fused-ring (bicyclic) bond motifs is 1. The van der Waals surface area contributed by atoms with Crippen molar-refractivity contribution in [2.75, 3.05) is 6.61 Å². The standard InChI is InChI=1S/C7H7NO6/c9-4-1-2-12-8-5(3-4)13-6(10)7(11)14-8/h5H,1-3H2. The van der Waals surface area contributed by atoms with E-state index >= 15 is 0 Å². The van der Waals surface area contributed by atoms with Crippen molar-refractivity contribution in [2.45, 2.75) is 19.1 Å². The van der Waals surface area contributed by atoms with Gasteiger partial charge in [0.05, 0.1) is 13.0 Å². The minimum absolute atomic E-state index is 0.0288. The van der Waals surface area contributed by atoms with Crippen LogP contribution in [0.4, 0.5) is 0 Å². The molecule has 0 aromatic carbocycles. The van der Waals surface area contributed by atoms with E-state index in [1.807, 2.05) is 0 Å². The normalized spacial score (nSPS) is 28.9. The molecule has 2 rings (SSSR count). The van der Waals surface area contributed by atoms with Crippen LogP contribution in [0.25, 0.3) is 0 Å². The summed E-state index contributed by atoms with van der Waals surface area (Å²) in [5.74, 6) is -2.36. The monoisotopic (exact) mass is 201 g/mol. The van der Waals surface area contributed by atoms with E-state index in [2.05, 4.69) is 9.57 Å². The fraction of sp³-hybridized carbons (Fsp3) is 0.571. The molecule has 0 aliphatic carbocycles. The Morgan fingerprint density at radius 2 is 2.00 bits per heavy atom. The van der Waals surface area contributed by atoms with Crippen LogP contribution in [-0.2, 0) is 28.8 Å². The van der Waals surface area contributed by atoms with E-state index in [1.165, 1.54) is 0 Å². The lowest BCUT2D eigenvalue weighted by Crippen LogP contribution is -2.47. The maximum Gasteiger partial charge on any atom is 0.438 e. The topological polar surface area (TPSA) is 82.1 Å². The van der Waals surface area contributed by atoms with Crippen LogP contribution in [0.3, 0.4) is 0 Å². The van der Waals surface area contributed by atoms with Gasteiger partial charge in [0.1, 0.15) is 5.78 Å². The molecule has 1 unspecified atom stereocenters. The highest BCUT2D eigenvalue weighted by Gasteiger charge is 2.40. The first-order chi connectivity index (χ1) is 6.66. The maximum absolute atomic E-state index is 11.1. The number of Topliss-reactive ketones (excluding diaryl/α,β-unsaturated/α-hetero) is 1. The van der Waals surface area contributed by atoms with Crippen molar-refractivity contribution in [3.63, 3.8) is 0 Å². The van der Waals surface area contributed by atoms with Gasteiger partial charge in [-0.05, 0) is 0 Å². The zero-order valence-electron chi connectivity index (χ0n) is 7.10. The molecule has 0 bridgehead atoms. The van der Waals surface area contributed by atoms with E-state index in [1.54, 1.807) is 0 Å². The Morgan fingerprint density at radius 1 is 1.21 bits per heavy atom. The first-order valence-electron chi connectivity index (χ1n) is 4.03. The van der Waals surface area contributed by atoms with Crippen molar-refractivity contribution in [1.29, 1.82) is 0 Å². The zero-order valence-corrected chi connectivity index (χ0v) is 7.10. The van der Waals surface area contributed by atoms with Gasteiger partial charge in [-0.3, -0.25) is 9.63 Å². The molecule has 0 saturated carbocycles. The molecule has 2 aliphatic heterocycles. The van der Waals surface area contributed by atoms with Gasteiger partial charge in [-0.15, -0.1) is 0 Å². The highest BCUT2D eigenvalue weighted by molar-refractivity contribution is 6.29. The van der Waals surface area contributed by atoms with Crippen LogP contribution in [0.5, 0.6) is 0 Å². The fourth-order valence-corrected chi connectivity index (χ4v) is 1.16. The molecule has 2 saturated heterocycles. The average Bonchev–Trinajstić information content (AvgIpc) is 2.28. The van der Waals surface area contributed by atoms with Crippen LogP contribution >= 0.6 is 0 Å². The highest BCUT2D eigenvalue weighted by atomic mass is 17.0. The molecule has 2 heterocycles. The summed E-state index contributed by atoms with van der Waals surface area (Å²) in [5.41, 5.74) is 0. The number of ketones is 1.